The summed E-state index contributed by atoms with van der Waals surface area (Å²) in [5, 5.41) is 16.2. The highest BCUT2D eigenvalue weighted by Gasteiger charge is 2.26. The van der Waals surface area contributed by atoms with Crippen LogP contribution in [-0.4, -0.2) is 42.5 Å². The van der Waals surface area contributed by atoms with Crippen molar-refractivity contribution in [2.45, 2.75) is 58.9 Å². The zero-order chi connectivity index (χ0) is 17.7. The molecule has 0 aromatic heterocycles. The number of benzene rings is 1. The maximum atomic E-state index is 12.5. The van der Waals surface area contributed by atoms with Crippen molar-refractivity contribution in [2.75, 3.05) is 13.2 Å². The lowest BCUT2D eigenvalue weighted by atomic mass is 10.0. The lowest BCUT2D eigenvalue weighted by Crippen LogP contribution is -2.47. The molecule has 0 aliphatic carbocycles. The molecule has 1 unspecified atom stereocenters. The first-order chi connectivity index (χ1) is 11.4. The van der Waals surface area contributed by atoms with E-state index < -0.39 is 6.29 Å². The largest absolute Gasteiger partial charge is 0.367 e. The Labute approximate surface area is 144 Å². The van der Waals surface area contributed by atoms with E-state index in [2.05, 4.69) is 24.5 Å². The van der Waals surface area contributed by atoms with Gasteiger partial charge >= 0.3 is 0 Å². The highest BCUT2D eigenvalue weighted by Crippen LogP contribution is 2.13. The van der Waals surface area contributed by atoms with E-state index in [1.54, 1.807) is 0 Å². The van der Waals surface area contributed by atoms with Gasteiger partial charge in [-0.2, -0.15) is 0 Å². The SMILES string of the molecule is Cc1ccc(C(=O)N[C@@H](CN[C@H]2CCOC2O)CC(C)C)cc1C. The van der Waals surface area contributed by atoms with Gasteiger partial charge in [-0.25, -0.2) is 0 Å². The second-order valence-corrected chi connectivity index (χ2v) is 7.16. The fourth-order valence-electron chi connectivity index (χ4n) is 2.98. The standard InChI is InChI=1S/C19H30N2O3/c1-12(2)9-16(11-20-17-7-8-24-19(17)23)21-18(22)15-6-5-13(3)14(4)10-15/h5-6,10,12,16-17,19-20,23H,7-9,11H2,1-4H3,(H,21,22)/t16-,17+,19?/m1/s1. The molecule has 0 radical (unpaired) electrons. The Morgan fingerprint density at radius 2 is 2.08 bits per heavy atom. The molecule has 2 rings (SSSR count). The highest BCUT2D eigenvalue weighted by molar-refractivity contribution is 5.94. The molecule has 1 aromatic rings. The molecule has 0 spiro atoms. The average Bonchev–Trinajstić information content (AvgIpc) is 2.92. The first kappa shape index (κ1) is 18.9. The van der Waals surface area contributed by atoms with Gasteiger partial charge < -0.3 is 20.5 Å². The molecule has 0 bridgehead atoms. The second kappa shape index (κ2) is 8.60. The van der Waals surface area contributed by atoms with E-state index in [1.807, 2.05) is 32.0 Å². The number of rotatable bonds is 7. The van der Waals surface area contributed by atoms with Gasteiger partial charge in [-0.05, 0) is 55.9 Å². The van der Waals surface area contributed by atoms with Crippen LogP contribution in [0.3, 0.4) is 0 Å². The van der Waals surface area contributed by atoms with Gasteiger partial charge in [0.05, 0.1) is 12.6 Å². The van der Waals surface area contributed by atoms with Crippen molar-refractivity contribution in [2.24, 2.45) is 5.92 Å². The van der Waals surface area contributed by atoms with Gasteiger partial charge in [0.15, 0.2) is 6.29 Å². The van der Waals surface area contributed by atoms with Crippen molar-refractivity contribution >= 4 is 5.91 Å². The summed E-state index contributed by atoms with van der Waals surface area (Å²) in [6.07, 6.45) is 0.925. The number of ether oxygens (including phenoxy) is 1. The predicted octanol–water partition coefficient (Wildman–Crippen LogP) is 2.14. The van der Waals surface area contributed by atoms with Gasteiger partial charge in [-0.1, -0.05) is 19.9 Å². The number of carbonyl (C=O) groups excluding carboxylic acids is 1. The van der Waals surface area contributed by atoms with Crippen molar-refractivity contribution in [3.05, 3.63) is 34.9 Å². The molecule has 1 fully saturated rings. The third-order valence-electron chi connectivity index (χ3n) is 4.55. The maximum absolute atomic E-state index is 12.5. The van der Waals surface area contributed by atoms with Crippen LogP contribution in [0.2, 0.25) is 0 Å². The van der Waals surface area contributed by atoms with Gasteiger partial charge in [0.1, 0.15) is 0 Å². The van der Waals surface area contributed by atoms with Crippen LogP contribution in [0.4, 0.5) is 0 Å². The lowest BCUT2D eigenvalue weighted by molar-refractivity contribution is -0.0718. The van der Waals surface area contributed by atoms with Gasteiger partial charge in [0.2, 0.25) is 0 Å². The van der Waals surface area contributed by atoms with E-state index in [0.717, 1.165) is 18.4 Å². The van der Waals surface area contributed by atoms with Crippen molar-refractivity contribution in [3.8, 4) is 0 Å². The van der Waals surface area contributed by atoms with Crippen LogP contribution in [0.5, 0.6) is 0 Å². The fourth-order valence-corrected chi connectivity index (χ4v) is 2.98. The molecular formula is C19H30N2O3. The molecule has 5 heteroatoms. The third kappa shape index (κ3) is 5.30. The molecule has 1 aromatic carbocycles. The summed E-state index contributed by atoms with van der Waals surface area (Å²) in [5.74, 6) is 0.426. The third-order valence-corrected chi connectivity index (χ3v) is 4.55. The first-order valence-corrected chi connectivity index (χ1v) is 8.78. The van der Waals surface area contributed by atoms with E-state index in [1.165, 1.54) is 5.56 Å². The van der Waals surface area contributed by atoms with E-state index >= 15 is 0 Å². The number of hydrogen-bond donors (Lipinski definition) is 3. The summed E-state index contributed by atoms with van der Waals surface area (Å²) in [7, 11) is 0. The van der Waals surface area contributed by atoms with Gasteiger partial charge in [0, 0.05) is 18.2 Å². The van der Waals surface area contributed by atoms with Crippen LogP contribution in [0, 0.1) is 19.8 Å². The van der Waals surface area contributed by atoms with E-state index in [4.69, 9.17) is 4.74 Å². The van der Waals surface area contributed by atoms with Crippen LogP contribution in [0.15, 0.2) is 18.2 Å². The van der Waals surface area contributed by atoms with Crippen molar-refractivity contribution in [1.82, 2.24) is 10.6 Å². The molecule has 3 N–H and O–H groups in total. The van der Waals surface area contributed by atoms with Crippen molar-refractivity contribution in [1.29, 1.82) is 0 Å². The van der Waals surface area contributed by atoms with Crippen LogP contribution >= 0.6 is 0 Å². The molecule has 1 aliphatic rings. The number of carbonyl (C=O) groups is 1. The number of aliphatic hydroxyl groups excluding tert-OH is 1. The first-order valence-electron chi connectivity index (χ1n) is 8.78. The monoisotopic (exact) mass is 334 g/mol. The molecule has 0 saturated carbocycles. The Balaban J connectivity index is 1.96. The lowest BCUT2D eigenvalue weighted by Gasteiger charge is -2.24. The van der Waals surface area contributed by atoms with Crippen LogP contribution in [0.1, 0.15) is 48.2 Å². The Morgan fingerprint density at radius 1 is 1.33 bits per heavy atom. The molecule has 3 atom stereocenters. The topological polar surface area (TPSA) is 70.6 Å². The maximum Gasteiger partial charge on any atom is 0.251 e. The summed E-state index contributed by atoms with van der Waals surface area (Å²) < 4.78 is 5.16. The number of nitrogens with one attached hydrogen (secondary N) is 2. The van der Waals surface area contributed by atoms with Gasteiger partial charge in [-0.15, -0.1) is 0 Å². The molecule has 134 valence electrons. The van der Waals surface area contributed by atoms with Crippen LogP contribution in [-0.2, 0) is 4.74 Å². The predicted molar refractivity (Wildman–Crippen MR) is 95.0 cm³/mol. The molecule has 24 heavy (non-hydrogen) atoms. The number of aliphatic hydroxyl groups is 1. The highest BCUT2D eigenvalue weighted by atomic mass is 16.6. The van der Waals surface area contributed by atoms with Crippen LogP contribution < -0.4 is 10.6 Å². The molecule has 1 saturated heterocycles. The zero-order valence-corrected chi connectivity index (χ0v) is 15.1. The summed E-state index contributed by atoms with van der Waals surface area (Å²) in [6.45, 7) is 9.53. The zero-order valence-electron chi connectivity index (χ0n) is 15.1. The van der Waals surface area contributed by atoms with E-state index in [0.29, 0.717) is 24.6 Å². The smallest absolute Gasteiger partial charge is 0.251 e. The number of hydrogen-bond acceptors (Lipinski definition) is 4. The number of amides is 1. The Morgan fingerprint density at radius 3 is 2.67 bits per heavy atom. The fraction of sp³-hybridized carbons (Fsp3) is 0.632. The van der Waals surface area contributed by atoms with E-state index in [9.17, 15) is 9.90 Å². The van der Waals surface area contributed by atoms with Gasteiger partial charge in [-0.3, -0.25) is 4.79 Å². The quantitative estimate of drug-likeness (QED) is 0.714. The molecule has 1 heterocycles. The Hall–Kier alpha value is -1.43. The Kier molecular flexibility index (Phi) is 6.78. The van der Waals surface area contributed by atoms with Crippen LogP contribution in [0.25, 0.3) is 0 Å². The minimum Gasteiger partial charge on any atom is -0.367 e. The summed E-state index contributed by atoms with van der Waals surface area (Å²) >= 11 is 0. The van der Waals surface area contributed by atoms with Crippen molar-refractivity contribution in [3.63, 3.8) is 0 Å². The summed E-state index contributed by atoms with van der Waals surface area (Å²) in [4.78, 5) is 12.5. The average molecular weight is 334 g/mol. The normalized spacial score (nSPS) is 21.9. The molecule has 1 aliphatic heterocycles. The Bertz CT molecular complexity index is 560. The van der Waals surface area contributed by atoms with E-state index in [-0.39, 0.29) is 18.0 Å². The second-order valence-electron chi connectivity index (χ2n) is 7.16. The molecule has 5 nitrogen and oxygen atoms in total. The van der Waals surface area contributed by atoms with Crippen molar-refractivity contribution < 1.29 is 14.6 Å². The minimum atomic E-state index is -0.750. The minimum absolute atomic E-state index is 0.0203. The number of aryl methyl sites for hydroxylation is 2. The summed E-state index contributed by atoms with van der Waals surface area (Å²) in [5.41, 5.74) is 2.99. The molecule has 1 amide bonds. The molecular weight excluding hydrogens is 304 g/mol. The van der Waals surface area contributed by atoms with Gasteiger partial charge in [0.25, 0.3) is 5.91 Å². The summed E-state index contributed by atoms with van der Waals surface area (Å²) in [6, 6.07) is 5.74.